The maximum Gasteiger partial charge on any atom is 0.0906 e. The summed E-state index contributed by atoms with van der Waals surface area (Å²) < 4.78 is 0. The van der Waals surface area contributed by atoms with E-state index in [2.05, 4.69) is 23.2 Å². The average Bonchev–Trinajstić information content (AvgIpc) is 2.36. The lowest BCUT2D eigenvalue weighted by Crippen LogP contribution is -1.81. The zero-order chi connectivity index (χ0) is 6.97. The van der Waals surface area contributed by atoms with E-state index in [-0.39, 0.29) is 0 Å². The molecule has 1 aromatic rings. The fourth-order valence-corrected chi connectivity index (χ4v) is 1.17. The van der Waals surface area contributed by atoms with Crippen molar-refractivity contribution in [1.82, 2.24) is 0 Å². The predicted octanol–water partition coefficient (Wildman–Crippen LogP) is 2.59. The van der Waals surface area contributed by atoms with Crippen molar-refractivity contribution in [3.05, 3.63) is 29.3 Å². The summed E-state index contributed by atoms with van der Waals surface area (Å²) >= 11 is 0. The van der Waals surface area contributed by atoms with Gasteiger partial charge in [-0.1, -0.05) is 12.1 Å². The van der Waals surface area contributed by atoms with E-state index in [0.29, 0.717) is 0 Å². The van der Waals surface area contributed by atoms with Crippen molar-refractivity contribution in [1.29, 1.82) is 0 Å². The zero-order valence-electron chi connectivity index (χ0n) is 5.83. The van der Waals surface area contributed by atoms with Crippen molar-refractivity contribution in [2.75, 3.05) is 0 Å². The van der Waals surface area contributed by atoms with Gasteiger partial charge in [0.2, 0.25) is 0 Å². The van der Waals surface area contributed by atoms with Crippen LogP contribution in [0.4, 0.5) is 5.69 Å². The summed E-state index contributed by atoms with van der Waals surface area (Å²) in [5.74, 6) is 0. The first kappa shape index (κ1) is 5.59. The minimum atomic E-state index is 0.766. The smallest absolute Gasteiger partial charge is 0.0906 e. The second-order valence-corrected chi connectivity index (χ2v) is 2.47. The Kier molecular flexibility index (Phi) is 1.07. The van der Waals surface area contributed by atoms with Gasteiger partial charge in [0.25, 0.3) is 0 Å². The summed E-state index contributed by atoms with van der Waals surface area (Å²) in [7, 11) is 0. The van der Waals surface area contributed by atoms with Crippen LogP contribution in [0.1, 0.15) is 11.1 Å². The number of hydrogen-bond acceptors (Lipinski definition) is 2. The highest BCUT2D eigenvalue weighted by atomic mass is 15.1. The Bertz CT molecular complexity index is 289. The van der Waals surface area contributed by atoms with Gasteiger partial charge in [0.05, 0.1) is 12.2 Å². The fraction of sp³-hybridized carbons (Fsp3) is 0.250. The van der Waals surface area contributed by atoms with Gasteiger partial charge in [0, 0.05) is 5.56 Å². The Morgan fingerprint density at radius 3 is 3.10 bits per heavy atom. The number of benzene rings is 1. The Morgan fingerprint density at radius 1 is 1.40 bits per heavy atom. The molecule has 10 heavy (non-hydrogen) atoms. The number of nitrogens with zero attached hydrogens (tertiary/aromatic N) is 2. The lowest BCUT2D eigenvalue weighted by Gasteiger charge is -1.97. The lowest BCUT2D eigenvalue weighted by atomic mass is 10.1. The van der Waals surface area contributed by atoms with Crippen LogP contribution in [0.5, 0.6) is 0 Å². The maximum absolute atomic E-state index is 3.99. The summed E-state index contributed by atoms with van der Waals surface area (Å²) in [5, 5.41) is 7.92. The Labute approximate surface area is 59.6 Å². The quantitative estimate of drug-likeness (QED) is 0.518. The monoisotopic (exact) mass is 132 g/mol. The van der Waals surface area contributed by atoms with E-state index in [1.54, 1.807) is 0 Å². The van der Waals surface area contributed by atoms with Gasteiger partial charge in [0.1, 0.15) is 0 Å². The summed E-state index contributed by atoms with van der Waals surface area (Å²) in [6, 6.07) is 6.10. The molecule has 50 valence electrons. The van der Waals surface area contributed by atoms with Crippen LogP contribution in [0, 0.1) is 6.92 Å². The van der Waals surface area contributed by atoms with E-state index >= 15 is 0 Å². The first-order valence-corrected chi connectivity index (χ1v) is 3.34. The van der Waals surface area contributed by atoms with Crippen molar-refractivity contribution in [3.8, 4) is 0 Å². The number of fused-ring (bicyclic) bond motifs is 1. The molecular formula is C8H8N2. The highest BCUT2D eigenvalue weighted by molar-refractivity contribution is 5.51. The Balaban J connectivity index is 2.66. The van der Waals surface area contributed by atoms with Crippen LogP contribution in [-0.2, 0) is 6.54 Å². The third kappa shape index (κ3) is 0.652. The topological polar surface area (TPSA) is 24.7 Å². The molecule has 0 N–H and O–H groups in total. The highest BCUT2D eigenvalue weighted by Gasteiger charge is 2.08. The molecule has 1 aliphatic rings. The second kappa shape index (κ2) is 1.90. The van der Waals surface area contributed by atoms with Crippen LogP contribution in [0.2, 0.25) is 0 Å². The fourth-order valence-electron chi connectivity index (χ4n) is 1.17. The van der Waals surface area contributed by atoms with Gasteiger partial charge in [-0.2, -0.15) is 10.2 Å². The molecule has 0 amide bonds. The van der Waals surface area contributed by atoms with Crippen molar-refractivity contribution in [2.24, 2.45) is 10.2 Å². The molecule has 1 heterocycles. The molecule has 0 aliphatic carbocycles. The van der Waals surface area contributed by atoms with Crippen molar-refractivity contribution in [3.63, 3.8) is 0 Å². The molecule has 1 aliphatic heterocycles. The standard InChI is InChI=1S/C8H8N2/c1-6-3-2-4-8-7(6)5-9-10-8/h2-4H,5H2,1H3. The Hall–Kier alpha value is -1.18. The summed E-state index contributed by atoms with van der Waals surface area (Å²) in [6.45, 7) is 2.86. The lowest BCUT2D eigenvalue weighted by molar-refractivity contribution is 1.03. The molecule has 2 rings (SSSR count). The molecule has 0 aromatic heterocycles. The third-order valence-corrected chi connectivity index (χ3v) is 1.79. The molecule has 0 saturated carbocycles. The molecule has 0 unspecified atom stereocenters. The molecule has 0 fully saturated rings. The van der Waals surface area contributed by atoms with Gasteiger partial charge in [0.15, 0.2) is 0 Å². The molecule has 2 heteroatoms. The molecule has 0 saturated heterocycles. The summed E-state index contributed by atoms with van der Waals surface area (Å²) in [4.78, 5) is 0. The van der Waals surface area contributed by atoms with Gasteiger partial charge in [-0.25, -0.2) is 0 Å². The number of aryl methyl sites for hydroxylation is 1. The van der Waals surface area contributed by atoms with Crippen LogP contribution in [0.25, 0.3) is 0 Å². The molecule has 0 bridgehead atoms. The van der Waals surface area contributed by atoms with E-state index in [1.165, 1.54) is 11.1 Å². The molecule has 0 radical (unpaired) electrons. The maximum atomic E-state index is 3.99. The first-order chi connectivity index (χ1) is 4.88. The second-order valence-electron chi connectivity index (χ2n) is 2.47. The average molecular weight is 132 g/mol. The van der Waals surface area contributed by atoms with Gasteiger partial charge in [-0.15, -0.1) is 0 Å². The summed E-state index contributed by atoms with van der Waals surface area (Å²) in [6.07, 6.45) is 0. The van der Waals surface area contributed by atoms with Gasteiger partial charge in [-0.3, -0.25) is 0 Å². The predicted molar refractivity (Wildman–Crippen MR) is 39.4 cm³/mol. The van der Waals surface area contributed by atoms with Gasteiger partial charge in [-0.05, 0) is 18.6 Å². The molecule has 2 nitrogen and oxygen atoms in total. The van der Waals surface area contributed by atoms with Crippen LogP contribution in [-0.4, -0.2) is 0 Å². The van der Waals surface area contributed by atoms with Crippen LogP contribution < -0.4 is 0 Å². The van der Waals surface area contributed by atoms with E-state index in [9.17, 15) is 0 Å². The SMILES string of the molecule is Cc1cccc2c1CN=N2. The third-order valence-electron chi connectivity index (χ3n) is 1.79. The van der Waals surface area contributed by atoms with E-state index in [1.807, 2.05) is 12.1 Å². The Morgan fingerprint density at radius 2 is 2.30 bits per heavy atom. The molecule has 0 atom stereocenters. The number of rotatable bonds is 0. The minimum Gasteiger partial charge on any atom is -0.184 e. The van der Waals surface area contributed by atoms with E-state index < -0.39 is 0 Å². The minimum absolute atomic E-state index is 0.766. The van der Waals surface area contributed by atoms with Crippen molar-refractivity contribution >= 4 is 5.69 Å². The zero-order valence-corrected chi connectivity index (χ0v) is 5.83. The van der Waals surface area contributed by atoms with Crippen molar-refractivity contribution < 1.29 is 0 Å². The van der Waals surface area contributed by atoms with E-state index in [4.69, 9.17) is 0 Å². The largest absolute Gasteiger partial charge is 0.184 e. The first-order valence-electron chi connectivity index (χ1n) is 3.34. The van der Waals surface area contributed by atoms with Crippen LogP contribution in [0.3, 0.4) is 0 Å². The van der Waals surface area contributed by atoms with E-state index in [0.717, 1.165) is 12.2 Å². The number of azo groups is 1. The highest BCUT2D eigenvalue weighted by Crippen LogP contribution is 2.28. The van der Waals surface area contributed by atoms with Crippen LogP contribution in [0.15, 0.2) is 28.4 Å². The summed E-state index contributed by atoms with van der Waals surface area (Å²) in [5.41, 5.74) is 3.62. The molecule has 0 spiro atoms. The normalized spacial score (nSPS) is 13.7. The van der Waals surface area contributed by atoms with Crippen molar-refractivity contribution in [2.45, 2.75) is 13.5 Å². The van der Waals surface area contributed by atoms with Gasteiger partial charge >= 0.3 is 0 Å². The molecular weight excluding hydrogens is 124 g/mol. The number of hydrogen-bond donors (Lipinski definition) is 0. The van der Waals surface area contributed by atoms with Crippen LogP contribution >= 0.6 is 0 Å². The van der Waals surface area contributed by atoms with Gasteiger partial charge < -0.3 is 0 Å². The molecule has 1 aromatic carbocycles.